The fourth-order valence-corrected chi connectivity index (χ4v) is 5.72. The SMILES string of the molecule is CC(C)[C@H]1O[C@@H]2CCC[C@]2(I)[C@@H]1C(=O)N1C(=O)OC[C@@H]1C(C)C. The summed E-state index contributed by atoms with van der Waals surface area (Å²) in [5, 5.41) is 0. The third kappa shape index (κ3) is 2.69. The Balaban J connectivity index is 1.93. The van der Waals surface area contributed by atoms with Gasteiger partial charge in [-0.1, -0.05) is 50.3 Å². The van der Waals surface area contributed by atoms with Crippen LogP contribution < -0.4 is 0 Å². The van der Waals surface area contributed by atoms with Gasteiger partial charge in [-0.25, -0.2) is 9.69 Å². The Morgan fingerprint density at radius 2 is 2.00 bits per heavy atom. The minimum absolute atomic E-state index is 0.0938. The molecule has 5 atom stereocenters. The van der Waals surface area contributed by atoms with E-state index < -0.39 is 6.09 Å². The lowest BCUT2D eigenvalue weighted by Crippen LogP contribution is -2.52. The van der Waals surface area contributed by atoms with E-state index in [0.717, 1.165) is 19.3 Å². The fraction of sp³-hybridized carbons (Fsp3) is 0.882. The second-order valence-electron chi connectivity index (χ2n) is 7.73. The zero-order valence-electron chi connectivity index (χ0n) is 14.3. The maximum absolute atomic E-state index is 13.4. The van der Waals surface area contributed by atoms with Crippen LogP contribution in [0.4, 0.5) is 4.79 Å². The third-order valence-corrected chi connectivity index (χ3v) is 7.47. The standard InChI is InChI=1S/C17H26INO4/c1-9(2)11-8-22-16(21)19(11)15(20)13-14(10(3)4)23-12-6-5-7-17(12,13)18/h9-14H,5-8H2,1-4H3/t11-,12-,13+,14-,17-/m1/s1. The van der Waals surface area contributed by atoms with Crippen molar-refractivity contribution in [3.8, 4) is 0 Å². The molecule has 0 radical (unpaired) electrons. The minimum Gasteiger partial charge on any atom is -0.447 e. The number of ether oxygens (including phenoxy) is 2. The zero-order valence-corrected chi connectivity index (χ0v) is 16.4. The van der Waals surface area contributed by atoms with E-state index in [1.807, 2.05) is 13.8 Å². The van der Waals surface area contributed by atoms with E-state index in [0.29, 0.717) is 6.61 Å². The third-order valence-electron chi connectivity index (χ3n) is 5.56. The van der Waals surface area contributed by atoms with Crippen LogP contribution in [0.1, 0.15) is 47.0 Å². The summed E-state index contributed by atoms with van der Waals surface area (Å²) in [4.78, 5) is 27.0. The van der Waals surface area contributed by atoms with Crippen LogP contribution in [-0.2, 0) is 14.3 Å². The average molecular weight is 435 g/mol. The van der Waals surface area contributed by atoms with Crippen LogP contribution >= 0.6 is 22.6 Å². The smallest absolute Gasteiger partial charge is 0.416 e. The van der Waals surface area contributed by atoms with Crippen molar-refractivity contribution in [3.63, 3.8) is 0 Å². The Morgan fingerprint density at radius 3 is 2.61 bits per heavy atom. The molecule has 2 saturated heterocycles. The number of carbonyl (C=O) groups is 2. The van der Waals surface area contributed by atoms with Gasteiger partial charge in [-0.05, 0) is 31.1 Å². The number of hydrogen-bond acceptors (Lipinski definition) is 4. The molecule has 130 valence electrons. The number of alkyl halides is 1. The van der Waals surface area contributed by atoms with Crippen molar-refractivity contribution < 1.29 is 19.1 Å². The number of hydrogen-bond donors (Lipinski definition) is 0. The van der Waals surface area contributed by atoms with Crippen LogP contribution in [0.25, 0.3) is 0 Å². The summed E-state index contributed by atoms with van der Waals surface area (Å²) in [5.41, 5.74) is 0. The Morgan fingerprint density at radius 1 is 1.30 bits per heavy atom. The predicted octanol–water partition coefficient (Wildman–Crippen LogP) is 3.39. The quantitative estimate of drug-likeness (QED) is 0.504. The van der Waals surface area contributed by atoms with Crippen molar-refractivity contribution in [2.75, 3.05) is 6.61 Å². The van der Waals surface area contributed by atoms with E-state index >= 15 is 0 Å². The molecular weight excluding hydrogens is 409 g/mol. The van der Waals surface area contributed by atoms with Crippen molar-refractivity contribution >= 4 is 34.6 Å². The number of nitrogens with zero attached hydrogens (tertiary/aromatic N) is 1. The van der Waals surface area contributed by atoms with Gasteiger partial charge in [0.15, 0.2) is 0 Å². The lowest BCUT2D eigenvalue weighted by Gasteiger charge is -2.33. The molecule has 3 fully saturated rings. The second kappa shape index (κ2) is 6.17. The first-order chi connectivity index (χ1) is 10.8. The van der Waals surface area contributed by atoms with Gasteiger partial charge < -0.3 is 9.47 Å². The lowest BCUT2D eigenvalue weighted by molar-refractivity contribution is -0.137. The monoisotopic (exact) mass is 435 g/mol. The molecule has 3 aliphatic rings. The highest BCUT2D eigenvalue weighted by molar-refractivity contribution is 14.1. The van der Waals surface area contributed by atoms with Crippen LogP contribution in [0.5, 0.6) is 0 Å². The maximum atomic E-state index is 13.4. The number of fused-ring (bicyclic) bond motifs is 1. The summed E-state index contributed by atoms with van der Waals surface area (Å²) in [7, 11) is 0. The lowest BCUT2D eigenvalue weighted by atomic mass is 9.82. The first-order valence-corrected chi connectivity index (χ1v) is 9.69. The zero-order chi connectivity index (χ0) is 16.9. The molecule has 2 amide bonds. The Bertz CT molecular complexity index is 509. The average Bonchev–Trinajstić information content (AvgIpc) is 3.08. The summed E-state index contributed by atoms with van der Waals surface area (Å²) in [6.45, 7) is 8.54. The van der Waals surface area contributed by atoms with E-state index in [-0.39, 0.29) is 45.3 Å². The van der Waals surface area contributed by atoms with Crippen LogP contribution in [0, 0.1) is 17.8 Å². The molecule has 23 heavy (non-hydrogen) atoms. The first kappa shape index (κ1) is 17.5. The van der Waals surface area contributed by atoms with Crippen LogP contribution in [0.15, 0.2) is 0 Å². The van der Waals surface area contributed by atoms with Crippen LogP contribution in [0.3, 0.4) is 0 Å². The second-order valence-corrected chi connectivity index (χ2v) is 9.73. The van der Waals surface area contributed by atoms with E-state index in [2.05, 4.69) is 36.4 Å². The van der Waals surface area contributed by atoms with Crippen molar-refractivity contribution in [2.45, 2.75) is 68.6 Å². The molecule has 2 aliphatic heterocycles. The molecule has 0 bridgehead atoms. The van der Waals surface area contributed by atoms with Gasteiger partial charge in [0.25, 0.3) is 0 Å². The molecular formula is C17H26INO4. The highest BCUT2D eigenvalue weighted by atomic mass is 127. The number of imide groups is 1. The van der Waals surface area contributed by atoms with E-state index in [1.54, 1.807) is 0 Å². The topological polar surface area (TPSA) is 55.8 Å². The molecule has 6 heteroatoms. The molecule has 1 saturated carbocycles. The molecule has 5 nitrogen and oxygen atoms in total. The van der Waals surface area contributed by atoms with Crippen molar-refractivity contribution in [1.29, 1.82) is 0 Å². The van der Waals surface area contributed by atoms with Crippen LogP contribution in [0.2, 0.25) is 0 Å². The first-order valence-electron chi connectivity index (χ1n) is 8.61. The number of amides is 2. The molecule has 0 N–H and O–H groups in total. The number of cyclic esters (lactones) is 1. The van der Waals surface area contributed by atoms with Crippen molar-refractivity contribution in [1.82, 2.24) is 4.90 Å². The highest BCUT2D eigenvalue weighted by Crippen LogP contribution is 2.55. The van der Waals surface area contributed by atoms with Gasteiger partial charge in [0.1, 0.15) is 6.61 Å². The summed E-state index contributed by atoms with van der Waals surface area (Å²) in [5.74, 6) is 0.0817. The van der Waals surface area contributed by atoms with E-state index in [9.17, 15) is 9.59 Å². The van der Waals surface area contributed by atoms with E-state index in [1.165, 1.54) is 4.90 Å². The molecule has 0 aromatic carbocycles. The highest BCUT2D eigenvalue weighted by Gasteiger charge is 2.62. The number of carbonyl (C=O) groups excluding carboxylic acids is 2. The van der Waals surface area contributed by atoms with Gasteiger partial charge in [-0.3, -0.25) is 4.79 Å². The Kier molecular flexibility index (Phi) is 4.68. The largest absolute Gasteiger partial charge is 0.447 e. The predicted molar refractivity (Wildman–Crippen MR) is 94.4 cm³/mol. The molecule has 3 rings (SSSR count). The van der Waals surface area contributed by atoms with Crippen molar-refractivity contribution in [3.05, 3.63) is 0 Å². The van der Waals surface area contributed by atoms with Gasteiger partial charge in [0.2, 0.25) is 5.91 Å². The van der Waals surface area contributed by atoms with Gasteiger partial charge in [-0.2, -0.15) is 0 Å². The molecule has 0 unspecified atom stereocenters. The van der Waals surface area contributed by atoms with Gasteiger partial charge in [0.05, 0.1) is 27.6 Å². The molecule has 0 aromatic heterocycles. The van der Waals surface area contributed by atoms with Crippen molar-refractivity contribution in [2.24, 2.45) is 17.8 Å². The van der Waals surface area contributed by atoms with Gasteiger partial charge >= 0.3 is 6.09 Å². The minimum atomic E-state index is -0.488. The van der Waals surface area contributed by atoms with Gasteiger partial charge in [-0.15, -0.1) is 0 Å². The van der Waals surface area contributed by atoms with Crippen LogP contribution in [-0.4, -0.2) is 45.2 Å². The molecule has 0 spiro atoms. The summed E-state index contributed by atoms with van der Waals surface area (Å²) >= 11 is 2.44. The normalized spacial score (nSPS) is 40.1. The summed E-state index contributed by atoms with van der Waals surface area (Å²) in [6, 6.07) is -0.164. The number of rotatable bonds is 3. The molecule has 2 heterocycles. The van der Waals surface area contributed by atoms with Gasteiger partial charge in [0, 0.05) is 0 Å². The Labute approximate surface area is 151 Å². The van der Waals surface area contributed by atoms with E-state index in [4.69, 9.17) is 9.47 Å². The fourth-order valence-electron chi connectivity index (χ4n) is 4.26. The Hall–Kier alpha value is -0.370. The molecule has 0 aromatic rings. The summed E-state index contributed by atoms with van der Waals surface area (Å²) < 4.78 is 11.3. The molecule has 1 aliphatic carbocycles. The maximum Gasteiger partial charge on any atom is 0.416 e. The summed E-state index contributed by atoms with van der Waals surface area (Å²) in [6.07, 6.45) is 2.59. The number of halogens is 1.